The molecule has 0 aromatic heterocycles. The molecular weight excluding hydrogens is 396 g/mol. The Balaban J connectivity index is 2.54. The average Bonchev–Trinajstić information content (AvgIpc) is 2.70. The lowest BCUT2D eigenvalue weighted by Gasteiger charge is -2.38. The molecule has 0 saturated heterocycles. The first-order chi connectivity index (χ1) is 14.0. The standard InChI is InChI=1S/C20H29ClN4O4/c1-3-29-19(26)17-16(13-28-12-9-22)24-20(27)25(11-6-10-23-2)18(17)14-7-4-5-8-15(14)21/h4-5,7-8,18,23H,3,6,9-13,22H2,1-2H3,(H,24,27). The van der Waals surface area contributed by atoms with Gasteiger partial charge in [0.2, 0.25) is 0 Å². The van der Waals surface area contributed by atoms with E-state index in [1.54, 1.807) is 24.0 Å². The molecule has 9 heteroatoms. The van der Waals surface area contributed by atoms with Crippen LogP contribution in [0.15, 0.2) is 35.5 Å². The fourth-order valence-corrected chi connectivity index (χ4v) is 3.44. The van der Waals surface area contributed by atoms with Crippen LogP contribution in [0.3, 0.4) is 0 Å². The van der Waals surface area contributed by atoms with Crippen LogP contribution in [0.1, 0.15) is 24.9 Å². The molecule has 29 heavy (non-hydrogen) atoms. The molecule has 1 aromatic rings. The molecule has 1 heterocycles. The minimum absolute atomic E-state index is 0.0440. The van der Waals surface area contributed by atoms with Crippen molar-refractivity contribution in [3.8, 4) is 0 Å². The molecule has 8 nitrogen and oxygen atoms in total. The van der Waals surface area contributed by atoms with Gasteiger partial charge < -0.3 is 30.7 Å². The monoisotopic (exact) mass is 424 g/mol. The first-order valence-electron chi connectivity index (χ1n) is 9.69. The van der Waals surface area contributed by atoms with Crippen molar-refractivity contribution in [1.82, 2.24) is 15.5 Å². The van der Waals surface area contributed by atoms with Crippen molar-refractivity contribution in [3.63, 3.8) is 0 Å². The van der Waals surface area contributed by atoms with Crippen LogP contribution >= 0.6 is 11.6 Å². The summed E-state index contributed by atoms with van der Waals surface area (Å²) >= 11 is 6.46. The fourth-order valence-electron chi connectivity index (χ4n) is 3.20. The Kier molecular flexibility index (Phi) is 9.40. The minimum atomic E-state index is -0.676. The van der Waals surface area contributed by atoms with Gasteiger partial charge >= 0.3 is 12.0 Å². The van der Waals surface area contributed by atoms with Crippen molar-refractivity contribution in [1.29, 1.82) is 0 Å². The van der Waals surface area contributed by atoms with Crippen molar-refractivity contribution in [3.05, 3.63) is 46.1 Å². The Morgan fingerprint density at radius 1 is 1.38 bits per heavy atom. The predicted molar refractivity (Wildman–Crippen MR) is 112 cm³/mol. The van der Waals surface area contributed by atoms with Gasteiger partial charge in [0.05, 0.1) is 37.1 Å². The first kappa shape index (κ1) is 23.2. The van der Waals surface area contributed by atoms with E-state index in [-0.39, 0.29) is 19.2 Å². The second kappa shape index (κ2) is 11.8. The maximum atomic E-state index is 12.9. The number of hydrogen-bond acceptors (Lipinski definition) is 6. The molecule has 1 aliphatic rings. The number of amides is 2. The number of ether oxygens (including phenoxy) is 2. The highest BCUT2D eigenvalue weighted by Gasteiger charge is 2.40. The lowest BCUT2D eigenvalue weighted by atomic mass is 9.93. The van der Waals surface area contributed by atoms with E-state index in [1.165, 1.54) is 0 Å². The number of urea groups is 1. The highest BCUT2D eigenvalue weighted by Crippen LogP contribution is 2.37. The van der Waals surface area contributed by atoms with Gasteiger partial charge in [-0.1, -0.05) is 29.8 Å². The summed E-state index contributed by atoms with van der Waals surface area (Å²) in [5.74, 6) is -0.512. The van der Waals surface area contributed by atoms with Crippen LogP contribution < -0.4 is 16.4 Å². The molecular formula is C20H29ClN4O4. The zero-order valence-corrected chi connectivity index (χ0v) is 17.6. The Labute approximate surface area is 176 Å². The molecule has 4 N–H and O–H groups in total. The number of esters is 1. The number of nitrogens with two attached hydrogens (primary N) is 1. The fraction of sp³-hybridized carbons (Fsp3) is 0.500. The second-order valence-corrected chi connectivity index (χ2v) is 6.87. The topological polar surface area (TPSA) is 106 Å². The average molecular weight is 425 g/mol. The molecule has 0 fully saturated rings. The van der Waals surface area contributed by atoms with Crippen molar-refractivity contribution in [2.75, 3.05) is 46.5 Å². The van der Waals surface area contributed by atoms with Crippen molar-refractivity contribution >= 4 is 23.6 Å². The van der Waals surface area contributed by atoms with E-state index in [0.29, 0.717) is 48.0 Å². The highest BCUT2D eigenvalue weighted by molar-refractivity contribution is 6.31. The normalized spacial score (nSPS) is 16.8. The van der Waals surface area contributed by atoms with Gasteiger partial charge in [0.25, 0.3) is 0 Å². The largest absolute Gasteiger partial charge is 0.463 e. The maximum absolute atomic E-state index is 12.9. The summed E-state index contributed by atoms with van der Waals surface area (Å²) in [6, 6.07) is 6.19. The van der Waals surface area contributed by atoms with Gasteiger partial charge in [-0.05, 0) is 38.6 Å². The number of hydrogen-bond donors (Lipinski definition) is 3. The summed E-state index contributed by atoms with van der Waals surface area (Å²) in [6.45, 7) is 3.79. The Bertz CT molecular complexity index is 741. The molecule has 1 aliphatic heterocycles. The zero-order valence-electron chi connectivity index (χ0n) is 16.9. The summed E-state index contributed by atoms with van der Waals surface area (Å²) in [6.07, 6.45) is 0.708. The predicted octanol–water partition coefficient (Wildman–Crippen LogP) is 1.81. The van der Waals surface area contributed by atoms with Gasteiger partial charge in [0, 0.05) is 18.1 Å². The van der Waals surface area contributed by atoms with Crippen LogP contribution in [0, 0.1) is 0 Å². The summed E-state index contributed by atoms with van der Waals surface area (Å²) in [7, 11) is 1.85. The Morgan fingerprint density at radius 3 is 2.79 bits per heavy atom. The number of benzene rings is 1. The third-order valence-corrected chi connectivity index (χ3v) is 4.80. The van der Waals surface area contributed by atoms with E-state index in [2.05, 4.69) is 10.6 Å². The molecule has 2 amide bonds. The summed E-state index contributed by atoms with van der Waals surface area (Å²) in [5, 5.41) is 6.33. The lowest BCUT2D eigenvalue weighted by Crippen LogP contribution is -2.50. The van der Waals surface area contributed by atoms with Crippen LogP contribution in [0.2, 0.25) is 5.02 Å². The minimum Gasteiger partial charge on any atom is -0.463 e. The second-order valence-electron chi connectivity index (χ2n) is 6.46. The summed E-state index contributed by atoms with van der Waals surface area (Å²) in [4.78, 5) is 27.5. The molecule has 0 radical (unpaired) electrons. The zero-order chi connectivity index (χ0) is 21.2. The molecule has 1 unspecified atom stereocenters. The maximum Gasteiger partial charge on any atom is 0.338 e. The van der Waals surface area contributed by atoms with Crippen LogP contribution in [0.5, 0.6) is 0 Å². The van der Waals surface area contributed by atoms with E-state index >= 15 is 0 Å². The van der Waals surface area contributed by atoms with Gasteiger partial charge in [0.15, 0.2) is 0 Å². The van der Waals surface area contributed by atoms with E-state index < -0.39 is 12.0 Å². The van der Waals surface area contributed by atoms with Crippen molar-refractivity contribution < 1.29 is 19.1 Å². The first-order valence-corrected chi connectivity index (χ1v) is 10.1. The van der Waals surface area contributed by atoms with Crippen LogP contribution in [0.25, 0.3) is 0 Å². The Morgan fingerprint density at radius 2 is 2.14 bits per heavy atom. The summed E-state index contributed by atoms with van der Waals surface area (Å²) in [5.41, 5.74) is 6.84. The molecule has 0 aliphatic carbocycles. The van der Waals surface area contributed by atoms with Gasteiger partial charge in [-0.15, -0.1) is 0 Å². The van der Waals surface area contributed by atoms with E-state index in [1.807, 2.05) is 19.2 Å². The van der Waals surface area contributed by atoms with Gasteiger partial charge in [0.1, 0.15) is 0 Å². The third kappa shape index (κ3) is 5.93. The van der Waals surface area contributed by atoms with Crippen molar-refractivity contribution in [2.45, 2.75) is 19.4 Å². The SMILES string of the molecule is CCOC(=O)C1=C(COCCN)NC(=O)N(CCCNC)C1c1ccccc1Cl. The number of nitrogens with zero attached hydrogens (tertiary/aromatic N) is 1. The number of halogens is 1. The van der Waals surface area contributed by atoms with Crippen LogP contribution in [-0.4, -0.2) is 63.4 Å². The van der Waals surface area contributed by atoms with E-state index in [9.17, 15) is 9.59 Å². The molecule has 160 valence electrons. The Hall–Kier alpha value is -2.13. The molecule has 0 spiro atoms. The van der Waals surface area contributed by atoms with Gasteiger partial charge in [-0.25, -0.2) is 9.59 Å². The molecule has 2 rings (SSSR count). The molecule has 0 saturated carbocycles. The van der Waals surface area contributed by atoms with Crippen LogP contribution in [-0.2, 0) is 14.3 Å². The highest BCUT2D eigenvalue weighted by atomic mass is 35.5. The third-order valence-electron chi connectivity index (χ3n) is 4.46. The van der Waals surface area contributed by atoms with E-state index in [0.717, 1.165) is 6.54 Å². The van der Waals surface area contributed by atoms with E-state index in [4.69, 9.17) is 26.8 Å². The van der Waals surface area contributed by atoms with Crippen LogP contribution in [0.4, 0.5) is 4.79 Å². The molecule has 0 bridgehead atoms. The molecule has 1 aromatic carbocycles. The smallest absolute Gasteiger partial charge is 0.338 e. The lowest BCUT2D eigenvalue weighted by molar-refractivity contribution is -0.139. The number of carbonyl (C=O) groups is 2. The quantitative estimate of drug-likeness (QED) is 0.369. The molecule has 1 atom stereocenters. The van der Waals surface area contributed by atoms with Crippen molar-refractivity contribution in [2.24, 2.45) is 5.73 Å². The summed E-state index contributed by atoms with van der Waals surface area (Å²) < 4.78 is 10.8. The van der Waals surface area contributed by atoms with Gasteiger partial charge in [-0.2, -0.15) is 0 Å². The number of carbonyl (C=O) groups excluding carboxylic acids is 2. The number of rotatable bonds is 11. The number of nitrogens with one attached hydrogen (secondary N) is 2. The van der Waals surface area contributed by atoms with Gasteiger partial charge in [-0.3, -0.25) is 0 Å².